The maximum atomic E-state index is 12.5. The van der Waals surface area contributed by atoms with Crippen molar-refractivity contribution in [1.82, 2.24) is 10.2 Å². The zero-order chi connectivity index (χ0) is 12.5. The van der Waals surface area contributed by atoms with Crippen LogP contribution in [-0.2, 0) is 4.79 Å². The van der Waals surface area contributed by atoms with Crippen LogP contribution >= 0.6 is 12.2 Å². The molecule has 0 spiro atoms. The molecule has 0 radical (unpaired) electrons. The van der Waals surface area contributed by atoms with Crippen molar-refractivity contribution >= 4 is 28.9 Å². The van der Waals surface area contributed by atoms with Crippen LogP contribution in [0, 0.1) is 5.92 Å². The maximum absolute atomic E-state index is 12.5. The molecule has 2 aliphatic heterocycles. The molecule has 2 heterocycles. The van der Waals surface area contributed by atoms with E-state index in [1.165, 1.54) is 0 Å². The number of piperidine rings is 1. The Morgan fingerprint density at radius 1 is 1.33 bits per heavy atom. The van der Waals surface area contributed by atoms with Gasteiger partial charge in [-0.1, -0.05) is 18.2 Å². The zero-order valence-corrected chi connectivity index (χ0v) is 10.8. The summed E-state index contributed by atoms with van der Waals surface area (Å²) in [5.74, 6) is -0.158. The Morgan fingerprint density at radius 2 is 2.11 bits per heavy atom. The predicted octanol–water partition coefficient (Wildman–Crippen LogP) is 1.05. The number of carbonyl (C=O) groups excluding carboxylic acids is 1. The fourth-order valence-electron chi connectivity index (χ4n) is 2.66. The van der Waals surface area contributed by atoms with Crippen LogP contribution in [0.15, 0.2) is 29.3 Å². The van der Waals surface area contributed by atoms with Crippen LogP contribution in [0.5, 0.6) is 0 Å². The summed E-state index contributed by atoms with van der Waals surface area (Å²) in [4.78, 5) is 18.7. The number of amides is 1. The first-order valence-electron chi connectivity index (χ1n) is 6.28. The molecule has 1 unspecified atom stereocenters. The highest BCUT2D eigenvalue weighted by Crippen LogP contribution is 2.24. The highest BCUT2D eigenvalue weighted by atomic mass is 32.1. The van der Waals surface area contributed by atoms with Gasteiger partial charge in [-0.2, -0.15) is 0 Å². The molecule has 94 valence electrons. The molecule has 0 aromatic carbocycles. The number of carbonyl (C=O) groups is 1. The predicted molar refractivity (Wildman–Crippen MR) is 74.5 cm³/mol. The van der Waals surface area contributed by atoms with Crippen LogP contribution in [0.3, 0.4) is 0 Å². The Morgan fingerprint density at radius 3 is 2.89 bits per heavy atom. The minimum atomic E-state index is -0.239. The lowest BCUT2D eigenvalue weighted by atomic mass is 9.93. The Balaban J connectivity index is 1.89. The normalized spacial score (nSPS) is 28.3. The van der Waals surface area contributed by atoms with E-state index in [0.29, 0.717) is 5.11 Å². The van der Waals surface area contributed by atoms with Crippen LogP contribution in [0.25, 0.3) is 0 Å². The van der Waals surface area contributed by atoms with E-state index < -0.39 is 0 Å². The minimum absolute atomic E-state index is 0.0810. The third-order valence-electron chi connectivity index (χ3n) is 3.61. The van der Waals surface area contributed by atoms with Gasteiger partial charge in [-0.25, -0.2) is 4.99 Å². The maximum Gasteiger partial charge on any atom is 0.242 e. The number of nitrogens with zero attached hydrogens (tertiary/aromatic N) is 2. The first-order valence-corrected chi connectivity index (χ1v) is 6.69. The lowest BCUT2D eigenvalue weighted by molar-refractivity contribution is -0.130. The summed E-state index contributed by atoms with van der Waals surface area (Å²) in [6.07, 6.45) is 9.46. The average Bonchev–Trinajstić information content (AvgIpc) is 2.40. The van der Waals surface area contributed by atoms with Gasteiger partial charge < -0.3 is 5.32 Å². The van der Waals surface area contributed by atoms with Crippen LogP contribution in [0.4, 0.5) is 0 Å². The van der Waals surface area contributed by atoms with E-state index in [4.69, 9.17) is 12.2 Å². The smallest absolute Gasteiger partial charge is 0.242 e. The summed E-state index contributed by atoms with van der Waals surface area (Å²) < 4.78 is 0. The van der Waals surface area contributed by atoms with Gasteiger partial charge in [0.25, 0.3) is 0 Å². The lowest BCUT2D eigenvalue weighted by Crippen LogP contribution is -2.53. The van der Waals surface area contributed by atoms with E-state index in [1.807, 2.05) is 24.3 Å². The SMILES string of the molecule is O=C1C2C=CC=CC2=NC(=S)N1C1CCNCC1. The molecule has 4 nitrogen and oxygen atoms in total. The van der Waals surface area contributed by atoms with E-state index in [1.54, 1.807) is 4.90 Å². The Kier molecular flexibility index (Phi) is 3.09. The van der Waals surface area contributed by atoms with E-state index in [9.17, 15) is 4.79 Å². The number of fused-ring (bicyclic) bond motifs is 1. The molecule has 3 aliphatic rings. The molecule has 5 heteroatoms. The van der Waals surface area contributed by atoms with Crippen molar-refractivity contribution in [3.05, 3.63) is 24.3 Å². The molecule has 1 saturated heterocycles. The largest absolute Gasteiger partial charge is 0.317 e. The topological polar surface area (TPSA) is 44.7 Å². The van der Waals surface area contributed by atoms with Crippen LogP contribution in [0.2, 0.25) is 0 Å². The van der Waals surface area contributed by atoms with Crippen LogP contribution < -0.4 is 5.32 Å². The van der Waals surface area contributed by atoms with Crippen molar-refractivity contribution < 1.29 is 4.79 Å². The molecule has 18 heavy (non-hydrogen) atoms. The standard InChI is InChI=1S/C13H15N3OS/c17-12-10-3-1-2-4-11(10)15-13(18)16(12)9-5-7-14-8-6-9/h1-4,9-10,14H,5-8H2. The Labute approximate surface area is 111 Å². The highest BCUT2D eigenvalue weighted by molar-refractivity contribution is 7.80. The van der Waals surface area contributed by atoms with Crippen LogP contribution in [0.1, 0.15) is 12.8 Å². The first-order chi connectivity index (χ1) is 8.77. The molecule has 1 N–H and O–H groups in total. The molecule has 1 fully saturated rings. The van der Waals surface area contributed by atoms with Crippen LogP contribution in [-0.4, -0.2) is 40.8 Å². The van der Waals surface area contributed by atoms with Gasteiger partial charge in [-0.15, -0.1) is 0 Å². The molecular weight excluding hydrogens is 246 g/mol. The third kappa shape index (κ3) is 1.93. The molecule has 0 aromatic rings. The minimum Gasteiger partial charge on any atom is -0.317 e. The van der Waals surface area contributed by atoms with Crippen molar-refractivity contribution in [2.75, 3.05) is 13.1 Å². The molecular formula is C13H15N3OS. The van der Waals surface area contributed by atoms with Gasteiger partial charge in [-0.3, -0.25) is 9.69 Å². The van der Waals surface area contributed by atoms with Crippen molar-refractivity contribution in [3.8, 4) is 0 Å². The van der Waals surface area contributed by atoms with E-state index in [2.05, 4.69) is 10.3 Å². The summed E-state index contributed by atoms with van der Waals surface area (Å²) in [7, 11) is 0. The summed E-state index contributed by atoms with van der Waals surface area (Å²) in [6, 6.07) is 0.204. The number of thiocarbonyl (C=S) groups is 1. The molecule has 1 atom stereocenters. The van der Waals surface area contributed by atoms with Gasteiger partial charge in [0, 0.05) is 6.04 Å². The molecule has 1 amide bonds. The average molecular weight is 261 g/mol. The van der Waals surface area contributed by atoms with Crippen molar-refractivity contribution in [3.63, 3.8) is 0 Å². The lowest BCUT2D eigenvalue weighted by Gasteiger charge is -2.38. The number of hydrogen-bond acceptors (Lipinski definition) is 3. The monoisotopic (exact) mass is 261 g/mol. The number of hydrogen-bond donors (Lipinski definition) is 1. The summed E-state index contributed by atoms with van der Waals surface area (Å²) >= 11 is 5.29. The second kappa shape index (κ2) is 4.74. The van der Waals surface area contributed by atoms with Gasteiger partial charge in [0.05, 0.1) is 11.6 Å². The number of aliphatic imine (C=N–C) groups is 1. The summed E-state index contributed by atoms with van der Waals surface area (Å²) in [6.45, 7) is 1.88. The van der Waals surface area contributed by atoms with Gasteiger partial charge in [0.2, 0.25) is 11.0 Å². The Bertz CT molecular complexity index is 475. The number of allylic oxidation sites excluding steroid dienone is 3. The van der Waals surface area contributed by atoms with Gasteiger partial charge in [-0.05, 0) is 44.2 Å². The van der Waals surface area contributed by atoms with Crippen molar-refractivity contribution in [1.29, 1.82) is 0 Å². The van der Waals surface area contributed by atoms with E-state index >= 15 is 0 Å². The summed E-state index contributed by atoms with van der Waals surface area (Å²) in [5.41, 5.74) is 0.776. The number of rotatable bonds is 1. The highest BCUT2D eigenvalue weighted by Gasteiger charge is 2.37. The molecule has 3 rings (SSSR count). The third-order valence-corrected chi connectivity index (χ3v) is 3.90. The number of nitrogens with one attached hydrogen (secondary N) is 1. The fraction of sp³-hybridized carbons (Fsp3) is 0.462. The van der Waals surface area contributed by atoms with E-state index in [-0.39, 0.29) is 17.9 Å². The first kappa shape index (κ1) is 11.7. The van der Waals surface area contributed by atoms with Crippen molar-refractivity contribution in [2.24, 2.45) is 10.9 Å². The quantitative estimate of drug-likeness (QED) is 0.718. The summed E-state index contributed by atoms with van der Waals surface area (Å²) in [5, 5.41) is 3.73. The second-order valence-electron chi connectivity index (χ2n) is 4.73. The molecule has 0 bridgehead atoms. The second-order valence-corrected chi connectivity index (χ2v) is 5.10. The van der Waals surface area contributed by atoms with Gasteiger partial charge in [0.15, 0.2) is 0 Å². The molecule has 1 aliphatic carbocycles. The van der Waals surface area contributed by atoms with E-state index in [0.717, 1.165) is 31.6 Å². The van der Waals surface area contributed by atoms with Crippen molar-refractivity contribution in [2.45, 2.75) is 18.9 Å². The molecule has 0 saturated carbocycles. The zero-order valence-electron chi connectivity index (χ0n) is 10.0. The fourth-order valence-corrected chi connectivity index (χ4v) is 3.00. The molecule has 0 aromatic heterocycles. The Hall–Kier alpha value is -1.33. The van der Waals surface area contributed by atoms with Gasteiger partial charge >= 0.3 is 0 Å². The van der Waals surface area contributed by atoms with Gasteiger partial charge in [0.1, 0.15) is 0 Å².